The topological polar surface area (TPSA) is 67.3 Å². The average molecular weight is 199 g/mol. The van der Waals surface area contributed by atoms with Gasteiger partial charge in [0.2, 0.25) is 0 Å². The highest BCUT2D eigenvalue weighted by atomic mass is 32.1. The number of aromatic carboxylic acids is 1. The molecule has 70 valence electrons. The Labute approximate surface area is 79.2 Å². The molecular weight excluding hydrogens is 190 g/mol. The van der Waals surface area contributed by atoms with Crippen LogP contribution in [0.4, 0.5) is 0 Å². The van der Waals surface area contributed by atoms with Crippen LogP contribution >= 0.6 is 11.3 Å². The molecule has 5 heteroatoms. The molecule has 1 heterocycles. The number of rotatable bonds is 3. The molecule has 1 aromatic heterocycles. The second kappa shape index (κ2) is 3.66. The SMILES string of the molecule is CCC(=O)c1nc(C)c(C(=O)O)s1. The third kappa shape index (κ3) is 1.92. The molecule has 0 aliphatic carbocycles. The highest BCUT2D eigenvalue weighted by Crippen LogP contribution is 2.18. The Morgan fingerprint density at radius 3 is 2.54 bits per heavy atom. The van der Waals surface area contributed by atoms with Gasteiger partial charge in [0.05, 0.1) is 5.69 Å². The summed E-state index contributed by atoms with van der Waals surface area (Å²) in [7, 11) is 0. The molecule has 0 fully saturated rings. The van der Waals surface area contributed by atoms with Crippen LogP contribution in [0.2, 0.25) is 0 Å². The number of carbonyl (C=O) groups is 2. The first kappa shape index (κ1) is 9.85. The molecule has 0 bridgehead atoms. The summed E-state index contributed by atoms with van der Waals surface area (Å²) in [6, 6.07) is 0. The quantitative estimate of drug-likeness (QED) is 0.753. The van der Waals surface area contributed by atoms with Crippen LogP contribution in [-0.4, -0.2) is 21.8 Å². The van der Waals surface area contributed by atoms with Crippen LogP contribution in [-0.2, 0) is 0 Å². The summed E-state index contributed by atoms with van der Waals surface area (Å²) < 4.78 is 0. The van der Waals surface area contributed by atoms with E-state index < -0.39 is 5.97 Å². The summed E-state index contributed by atoms with van der Waals surface area (Å²) in [5, 5.41) is 8.98. The Hall–Kier alpha value is -1.23. The van der Waals surface area contributed by atoms with Crippen molar-refractivity contribution in [2.75, 3.05) is 0 Å². The summed E-state index contributed by atoms with van der Waals surface area (Å²) in [5.41, 5.74) is 0.411. The number of carbonyl (C=O) groups excluding carboxylic acids is 1. The molecule has 0 saturated heterocycles. The smallest absolute Gasteiger partial charge is 0.347 e. The van der Waals surface area contributed by atoms with Crippen LogP contribution in [0.5, 0.6) is 0 Å². The van der Waals surface area contributed by atoms with E-state index >= 15 is 0 Å². The molecule has 0 spiro atoms. The Kier molecular flexibility index (Phi) is 2.77. The highest BCUT2D eigenvalue weighted by molar-refractivity contribution is 7.15. The second-order valence-electron chi connectivity index (χ2n) is 2.52. The largest absolute Gasteiger partial charge is 0.477 e. The normalized spacial score (nSPS) is 10.0. The Balaban J connectivity index is 3.09. The summed E-state index contributed by atoms with van der Waals surface area (Å²) in [5.74, 6) is -1.13. The van der Waals surface area contributed by atoms with Crippen molar-refractivity contribution in [3.63, 3.8) is 0 Å². The minimum absolute atomic E-state index is 0.111. The van der Waals surface area contributed by atoms with E-state index in [1.54, 1.807) is 13.8 Å². The molecule has 13 heavy (non-hydrogen) atoms. The molecule has 0 saturated carbocycles. The standard InChI is InChI=1S/C8H9NO3S/c1-3-5(10)7-9-4(2)6(13-7)8(11)12/h3H2,1-2H3,(H,11,12). The van der Waals surface area contributed by atoms with Gasteiger partial charge in [0, 0.05) is 6.42 Å². The van der Waals surface area contributed by atoms with Gasteiger partial charge >= 0.3 is 5.97 Å². The maximum atomic E-state index is 11.2. The molecular formula is C8H9NO3S. The van der Waals surface area contributed by atoms with Gasteiger partial charge in [-0.25, -0.2) is 9.78 Å². The minimum Gasteiger partial charge on any atom is -0.477 e. The van der Waals surface area contributed by atoms with Gasteiger partial charge in [-0.15, -0.1) is 11.3 Å². The lowest BCUT2D eigenvalue weighted by atomic mass is 10.3. The van der Waals surface area contributed by atoms with Gasteiger partial charge in [-0.05, 0) is 6.92 Å². The zero-order chi connectivity index (χ0) is 10.0. The van der Waals surface area contributed by atoms with E-state index in [-0.39, 0.29) is 15.7 Å². The van der Waals surface area contributed by atoms with Gasteiger partial charge in [0.25, 0.3) is 0 Å². The van der Waals surface area contributed by atoms with Gasteiger partial charge in [0.1, 0.15) is 4.88 Å². The number of carboxylic acids is 1. The molecule has 0 radical (unpaired) electrons. The van der Waals surface area contributed by atoms with E-state index in [2.05, 4.69) is 4.98 Å². The fraction of sp³-hybridized carbons (Fsp3) is 0.375. The highest BCUT2D eigenvalue weighted by Gasteiger charge is 2.16. The number of hydrogen-bond donors (Lipinski definition) is 1. The molecule has 0 aliphatic heterocycles. The first-order valence-electron chi connectivity index (χ1n) is 3.80. The molecule has 4 nitrogen and oxygen atoms in total. The van der Waals surface area contributed by atoms with E-state index in [1.165, 1.54) is 0 Å². The molecule has 1 aromatic rings. The number of thiazole rings is 1. The zero-order valence-corrected chi connectivity index (χ0v) is 8.14. The number of aromatic nitrogens is 1. The van der Waals surface area contributed by atoms with Crippen molar-refractivity contribution in [2.24, 2.45) is 0 Å². The fourth-order valence-electron chi connectivity index (χ4n) is 0.865. The predicted octanol–water partition coefficient (Wildman–Crippen LogP) is 1.74. The van der Waals surface area contributed by atoms with Gasteiger partial charge in [-0.3, -0.25) is 4.79 Å². The second-order valence-corrected chi connectivity index (χ2v) is 3.51. The summed E-state index contributed by atoms with van der Waals surface area (Å²) in [6.07, 6.45) is 0.353. The van der Waals surface area contributed by atoms with Crippen molar-refractivity contribution < 1.29 is 14.7 Å². The van der Waals surface area contributed by atoms with Gasteiger partial charge < -0.3 is 5.11 Å². The molecule has 0 aliphatic rings. The first-order valence-corrected chi connectivity index (χ1v) is 4.61. The van der Waals surface area contributed by atoms with Crippen molar-refractivity contribution in [2.45, 2.75) is 20.3 Å². The number of carboxylic acid groups (broad SMARTS) is 1. The zero-order valence-electron chi connectivity index (χ0n) is 7.33. The monoisotopic (exact) mass is 199 g/mol. The third-order valence-corrected chi connectivity index (χ3v) is 2.74. The Bertz CT molecular complexity index is 356. The van der Waals surface area contributed by atoms with Crippen LogP contribution in [0.1, 0.15) is 38.5 Å². The van der Waals surface area contributed by atoms with Crippen molar-refractivity contribution in [1.82, 2.24) is 4.98 Å². The predicted molar refractivity (Wildman–Crippen MR) is 48.4 cm³/mol. The summed E-state index contributed by atoms with van der Waals surface area (Å²) in [6.45, 7) is 3.31. The average Bonchev–Trinajstić information content (AvgIpc) is 2.46. The van der Waals surface area contributed by atoms with Crippen LogP contribution in [0, 0.1) is 6.92 Å². The van der Waals surface area contributed by atoms with Gasteiger partial charge in [-0.2, -0.15) is 0 Å². The van der Waals surface area contributed by atoms with E-state index in [4.69, 9.17) is 5.11 Å². The Morgan fingerprint density at radius 1 is 1.54 bits per heavy atom. The van der Waals surface area contributed by atoms with Crippen molar-refractivity contribution in [3.8, 4) is 0 Å². The summed E-state index contributed by atoms with van der Waals surface area (Å²) in [4.78, 5) is 25.8. The van der Waals surface area contributed by atoms with Crippen molar-refractivity contribution in [1.29, 1.82) is 0 Å². The third-order valence-electron chi connectivity index (χ3n) is 1.55. The lowest BCUT2D eigenvalue weighted by Gasteiger charge is -1.86. The number of ketones is 1. The first-order chi connectivity index (χ1) is 6.06. The van der Waals surface area contributed by atoms with Crippen molar-refractivity contribution in [3.05, 3.63) is 15.6 Å². The molecule has 1 N–H and O–H groups in total. The lowest BCUT2D eigenvalue weighted by Crippen LogP contribution is -1.94. The maximum absolute atomic E-state index is 11.2. The maximum Gasteiger partial charge on any atom is 0.347 e. The molecule has 0 amide bonds. The summed E-state index contributed by atoms with van der Waals surface area (Å²) >= 11 is 0.940. The molecule has 0 atom stereocenters. The molecule has 0 unspecified atom stereocenters. The van der Waals surface area contributed by atoms with Crippen molar-refractivity contribution >= 4 is 23.1 Å². The molecule has 0 aromatic carbocycles. The number of hydrogen-bond acceptors (Lipinski definition) is 4. The number of aryl methyl sites for hydroxylation is 1. The minimum atomic E-state index is -1.02. The van der Waals surface area contributed by atoms with Crippen LogP contribution in [0.25, 0.3) is 0 Å². The van der Waals surface area contributed by atoms with E-state index in [0.29, 0.717) is 12.1 Å². The van der Waals surface area contributed by atoms with Crippen LogP contribution in [0.15, 0.2) is 0 Å². The fourth-order valence-corrected chi connectivity index (χ4v) is 1.78. The number of Topliss-reactive ketones (excluding diaryl/α,β-unsaturated/α-hetero) is 1. The molecule has 1 rings (SSSR count). The van der Waals surface area contributed by atoms with Crippen LogP contribution < -0.4 is 0 Å². The Morgan fingerprint density at radius 2 is 2.15 bits per heavy atom. The van der Waals surface area contributed by atoms with Gasteiger partial charge in [0.15, 0.2) is 10.8 Å². The van der Waals surface area contributed by atoms with E-state index in [0.717, 1.165) is 11.3 Å². The van der Waals surface area contributed by atoms with Gasteiger partial charge in [-0.1, -0.05) is 6.92 Å². The lowest BCUT2D eigenvalue weighted by molar-refractivity contribution is 0.0701. The van der Waals surface area contributed by atoms with E-state index in [9.17, 15) is 9.59 Å². The number of nitrogens with zero attached hydrogens (tertiary/aromatic N) is 1. The van der Waals surface area contributed by atoms with E-state index in [1.807, 2.05) is 0 Å². The van der Waals surface area contributed by atoms with Crippen LogP contribution in [0.3, 0.4) is 0 Å².